The summed E-state index contributed by atoms with van der Waals surface area (Å²) in [6.45, 7) is 2.79. The monoisotopic (exact) mass is 364 g/mol. The standard InChI is InChI=1S/C17H20N2O5S/c1-12-7-6-10-19(11-12)25(21,22)17-14(16(20)23-2)18-15(24-17)13-8-4-3-5-9-13/h3-5,8-9,12H,6-7,10-11H2,1-2H3/t12-/m0/s1. The van der Waals surface area contributed by atoms with Crippen LogP contribution in [0.1, 0.15) is 30.3 Å². The van der Waals surface area contributed by atoms with Gasteiger partial charge in [0.25, 0.3) is 15.1 Å². The van der Waals surface area contributed by atoms with Crippen molar-refractivity contribution in [3.63, 3.8) is 0 Å². The van der Waals surface area contributed by atoms with Crippen molar-refractivity contribution in [2.75, 3.05) is 20.2 Å². The Morgan fingerprint density at radius 2 is 2.04 bits per heavy atom. The number of hydrogen-bond acceptors (Lipinski definition) is 6. The van der Waals surface area contributed by atoms with Gasteiger partial charge in [0.2, 0.25) is 11.6 Å². The molecule has 1 aromatic carbocycles. The molecule has 0 unspecified atom stereocenters. The first-order chi connectivity index (χ1) is 11.9. The van der Waals surface area contributed by atoms with Crippen LogP contribution < -0.4 is 0 Å². The molecule has 1 saturated heterocycles. The lowest BCUT2D eigenvalue weighted by atomic mass is 10.0. The lowest BCUT2D eigenvalue weighted by molar-refractivity contribution is 0.0587. The van der Waals surface area contributed by atoms with Gasteiger partial charge in [-0.2, -0.15) is 4.31 Å². The van der Waals surface area contributed by atoms with Crippen LogP contribution in [0, 0.1) is 5.92 Å². The van der Waals surface area contributed by atoms with Crippen LogP contribution in [0.5, 0.6) is 0 Å². The van der Waals surface area contributed by atoms with Gasteiger partial charge in [-0.05, 0) is 30.9 Å². The maximum atomic E-state index is 13.0. The van der Waals surface area contributed by atoms with Crippen molar-refractivity contribution in [3.8, 4) is 11.5 Å². The lowest BCUT2D eigenvalue weighted by Crippen LogP contribution is -2.39. The summed E-state index contributed by atoms with van der Waals surface area (Å²) in [5, 5.41) is -0.452. The van der Waals surface area contributed by atoms with Gasteiger partial charge in [0.15, 0.2) is 0 Å². The number of carbonyl (C=O) groups excluding carboxylic acids is 1. The molecule has 25 heavy (non-hydrogen) atoms. The van der Waals surface area contributed by atoms with E-state index < -0.39 is 21.1 Å². The lowest BCUT2D eigenvalue weighted by Gasteiger charge is -2.29. The average molecular weight is 364 g/mol. The van der Waals surface area contributed by atoms with E-state index in [9.17, 15) is 13.2 Å². The Labute approximate surface area is 146 Å². The van der Waals surface area contributed by atoms with Crippen molar-refractivity contribution >= 4 is 16.0 Å². The fourth-order valence-electron chi connectivity index (χ4n) is 2.89. The normalized spacial score (nSPS) is 18.9. The second-order valence-electron chi connectivity index (χ2n) is 6.12. The zero-order valence-electron chi connectivity index (χ0n) is 14.1. The smallest absolute Gasteiger partial charge is 0.361 e. The number of ether oxygens (including phenoxy) is 1. The van der Waals surface area contributed by atoms with Gasteiger partial charge in [0.1, 0.15) is 0 Å². The van der Waals surface area contributed by atoms with Gasteiger partial charge in [-0.1, -0.05) is 25.1 Å². The number of carbonyl (C=O) groups is 1. The van der Waals surface area contributed by atoms with Crippen LogP contribution in [0.25, 0.3) is 11.5 Å². The van der Waals surface area contributed by atoms with E-state index in [1.165, 1.54) is 11.4 Å². The highest BCUT2D eigenvalue weighted by atomic mass is 32.2. The molecule has 1 fully saturated rings. The van der Waals surface area contributed by atoms with Crippen LogP contribution in [0.3, 0.4) is 0 Å². The van der Waals surface area contributed by atoms with Crippen LogP contribution in [0.2, 0.25) is 0 Å². The Balaban J connectivity index is 2.07. The number of aromatic nitrogens is 1. The Bertz CT molecular complexity index is 860. The molecule has 1 aromatic heterocycles. The average Bonchev–Trinajstić information content (AvgIpc) is 3.08. The van der Waals surface area contributed by atoms with Gasteiger partial charge >= 0.3 is 5.97 Å². The minimum Gasteiger partial charge on any atom is -0.464 e. The van der Waals surface area contributed by atoms with Crippen molar-refractivity contribution in [2.45, 2.75) is 24.9 Å². The summed E-state index contributed by atoms with van der Waals surface area (Å²) in [7, 11) is -2.79. The van der Waals surface area contributed by atoms with E-state index in [2.05, 4.69) is 9.72 Å². The van der Waals surface area contributed by atoms with Crippen LogP contribution in [-0.2, 0) is 14.8 Å². The summed E-state index contributed by atoms with van der Waals surface area (Å²) >= 11 is 0. The fourth-order valence-corrected chi connectivity index (χ4v) is 4.50. The third-order valence-electron chi connectivity index (χ3n) is 4.19. The molecule has 0 bridgehead atoms. The van der Waals surface area contributed by atoms with Gasteiger partial charge in [-0.3, -0.25) is 0 Å². The van der Waals surface area contributed by atoms with E-state index in [0.29, 0.717) is 18.7 Å². The van der Waals surface area contributed by atoms with Gasteiger partial charge in [-0.15, -0.1) is 0 Å². The molecule has 1 atom stereocenters. The zero-order valence-corrected chi connectivity index (χ0v) is 15.0. The molecule has 8 heteroatoms. The van der Waals surface area contributed by atoms with Gasteiger partial charge in [0.05, 0.1) is 7.11 Å². The first-order valence-corrected chi connectivity index (χ1v) is 9.52. The molecule has 2 aromatic rings. The molecule has 134 valence electrons. The largest absolute Gasteiger partial charge is 0.464 e. The third-order valence-corrected chi connectivity index (χ3v) is 5.95. The first-order valence-electron chi connectivity index (χ1n) is 8.08. The summed E-state index contributed by atoms with van der Waals surface area (Å²) in [6.07, 6.45) is 1.75. The molecule has 7 nitrogen and oxygen atoms in total. The Kier molecular flexibility index (Phi) is 4.91. The van der Waals surface area contributed by atoms with Crippen LogP contribution in [0.15, 0.2) is 39.8 Å². The maximum absolute atomic E-state index is 13.0. The molecule has 0 N–H and O–H groups in total. The molecule has 0 saturated carbocycles. The fraction of sp³-hybridized carbons (Fsp3) is 0.412. The molecular formula is C17H20N2O5S. The highest BCUT2D eigenvalue weighted by Gasteiger charge is 2.37. The molecule has 2 heterocycles. The van der Waals surface area contributed by atoms with Crippen LogP contribution in [-0.4, -0.2) is 43.9 Å². The van der Waals surface area contributed by atoms with Crippen LogP contribution in [0.4, 0.5) is 0 Å². The number of piperidine rings is 1. The molecule has 0 spiro atoms. The van der Waals surface area contributed by atoms with Crippen molar-refractivity contribution in [1.29, 1.82) is 0 Å². The first kappa shape index (κ1) is 17.6. The molecule has 0 amide bonds. The molecule has 0 radical (unpaired) electrons. The summed E-state index contributed by atoms with van der Waals surface area (Å²) in [5.41, 5.74) is 0.265. The number of nitrogens with zero attached hydrogens (tertiary/aromatic N) is 2. The number of oxazole rings is 1. The summed E-state index contributed by atoms with van der Waals surface area (Å²) in [6, 6.07) is 8.83. The van der Waals surface area contributed by atoms with E-state index in [0.717, 1.165) is 12.8 Å². The van der Waals surface area contributed by atoms with Crippen LogP contribution >= 0.6 is 0 Å². The van der Waals surface area contributed by atoms with E-state index in [1.807, 2.05) is 13.0 Å². The molecular weight excluding hydrogens is 344 g/mol. The predicted molar refractivity (Wildman–Crippen MR) is 90.4 cm³/mol. The number of hydrogen-bond donors (Lipinski definition) is 0. The predicted octanol–water partition coefficient (Wildman–Crippen LogP) is 2.55. The van der Waals surface area contributed by atoms with Crippen molar-refractivity contribution < 1.29 is 22.4 Å². The second-order valence-corrected chi connectivity index (χ2v) is 7.96. The zero-order chi connectivity index (χ0) is 18.0. The van der Waals surface area contributed by atoms with E-state index in [1.54, 1.807) is 24.3 Å². The van der Waals surface area contributed by atoms with Crippen molar-refractivity contribution in [1.82, 2.24) is 9.29 Å². The molecule has 3 rings (SSSR count). The summed E-state index contributed by atoms with van der Waals surface area (Å²) in [4.78, 5) is 16.1. The van der Waals surface area contributed by atoms with E-state index in [-0.39, 0.29) is 17.5 Å². The van der Waals surface area contributed by atoms with Crippen molar-refractivity contribution in [2.24, 2.45) is 5.92 Å². The Morgan fingerprint density at radius 1 is 1.32 bits per heavy atom. The number of benzene rings is 1. The van der Waals surface area contributed by atoms with Gasteiger partial charge < -0.3 is 9.15 Å². The third kappa shape index (κ3) is 3.45. The topological polar surface area (TPSA) is 89.7 Å². The Hall–Kier alpha value is -2.19. The maximum Gasteiger partial charge on any atom is 0.361 e. The SMILES string of the molecule is COC(=O)c1nc(-c2ccccc2)oc1S(=O)(=O)N1CCC[C@H](C)C1. The molecule has 0 aliphatic carbocycles. The highest BCUT2D eigenvalue weighted by Crippen LogP contribution is 2.30. The quantitative estimate of drug-likeness (QED) is 0.775. The minimum atomic E-state index is -3.96. The number of esters is 1. The minimum absolute atomic E-state index is 0.0737. The number of rotatable bonds is 4. The van der Waals surface area contributed by atoms with Gasteiger partial charge in [0, 0.05) is 18.7 Å². The summed E-state index contributed by atoms with van der Waals surface area (Å²) in [5.74, 6) is -0.513. The summed E-state index contributed by atoms with van der Waals surface area (Å²) < 4.78 is 37.6. The van der Waals surface area contributed by atoms with E-state index >= 15 is 0 Å². The van der Waals surface area contributed by atoms with E-state index in [4.69, 9.17) is 4.42 Å². The van der Waals surface area contributed by atoms with Crippen molar-refractivity contribution in [3.05, 3.63) is 36.0 Å². The number of methoxy groups -OCH3 is 1. The number of sulfonamides is 1. The molecule has 1 aliphatic heterocycles. The highest BCUT2D eigenvalue weighted by molar-refractivity contribution is 7.89. The molecule has 1 aliphatic rings. The second kappa shape index (κ2) is 6.97. The van der Waals surface area contributed by atoms with Gasteiger partial charge in [-0.25, -0.2) is 18.2 Å². The Morgan fingerprint density at radius 3 is 2.68 bits per heavy atom.